The van der Waals surface area contributed by atoms with E-state index in [2.05, 4.69) is 20.4 Å². The second-order valence-electron chi connectivity index (χ2n) is 5.66. The van der Waals surface area contributed by atoms with Crippen LogP contribution in [0.3, 0.4) is 0 Å². The number of carbonyl (C=O) groups is 1. The van der Waals surface area contributed by atoms with E-state index in [1.807, 2.05) is 23.6 Å². The number of carbonyl (C=O) groups excluding carboxylic acids is 1. The average molecular weight is 396 g/mol. The first-order valence-electron chi connectivity index (χ1n) is 8.15. The monoisotopic (exact) mass is 395 g/mol. The Labute approximate surface area is 164 Å². The smallest absolute Gasteiger partial charge is 0.281 e. The zero-order valence-corrected chi connectivity index (χ0v) is 15.6. The van der Waals surface area contributed by atoms with Gasteiger partial charge >= 0.3 is 0 Å². The van der Waals surface area contributed by atoms with Gasteiger partial charge in [0.2, 0.25) is 5.95 Å². The van der Waals surface area contributed by atoms with E-state index in [1.165, 1.54) is 4.68 Å². The summed E-state index contributed by atoms with van der Waals surface area (Å²) in [6, 6.07) is 14.3. The lowest BCUT2D eigenvalue weighted by Crippen LogP contribution is -2.17. The van der Waals surface area contributed by atoms with Gasteiger partial charge in [-0.1, -0.05) is 17.7 Å². The molecule has 0 saturated carbocycles. The van der Waals surface area contributed by atoms with Gasteiger partial charge in [-0.3, -0.25) is 9.78 Å². The number of anilines is 1. The molecular formula is C19H14ClN5OS. The van der Waals surface area contributed by atoms with Gasteiger partial charge in [-0.25, -0.2) is 0 Å². The fraction of sp³-hybridized carbons (Fsp3) is 0.0526. The van der Waals surface area contributed by atoms with E-state index >= 15 is 0 Å². The molecule has 4 rings (SSSR count). The van der Waals surface area contributed by atoms with Crippen molar-refractivity contribution in [3.8, 4) is 11.4 Å². The van der Waals surface area contributed by atoms with Crippen LogP contribution in [-0.2, 0) is 6.54 Å². The molecule has 0 fully saturated rings. The minimum Gasteiger partial charge on any atom is -0.349 e. The van der Waals surface area contributed by atoms with Crippen LogP contribution in [0.25, 0.3) is 11.4 Å². The second kappa shape index (κ2) is 7.69. The van der Waals surface area contributed by atoms with Crippen molar-refractivity contribution < 1.29 is 4.79 Å². The normalized spacial score (nSPS) is 10.7. The van der Waals surface area contributed by atoms with Crippen LogP contribution in [0, 0.1) is 0 Å². The van der Waals surface area contributed by atoms with Crippen molar-refractivity contribution in [1.29, 1.82) is 0 Å². The largest absolute Gasteiger partial charge is 0.349 e. The molecule has 0 saturated heterocycles. The molecule has 0 unspecified atom stereocenters. The molecule has 1 aromatic carbocycles. The second-order valence-corrected chi connectivity index (χ2v) is 7.13. The average Bonchev–Trinajstić information content (AvgIpc) is 3.37. The van der Waals surface area contributed by atoms with Gasteiger partial charge in [-0.05, 0) is 47.8 Å². The molecule has 6 nitrogen and oxygen atoms in total. The number of thiophene rings is 1. The van der Waals surface area contributed by atoms with Crippen LogP contribution in [0.15, 0.2) is 66.3 Å². The van der Waals surface area contributed by atoms with Crippen LogP contribution in [-0.4, -0.2) is 25.7 Å². The summed E-state index contributed by atoms with van der Waals surface area (Å²) in [6.07, 6.45) is 3.34. The van der Waals surface area contributed by atoms with E-state index < -0.39 is 0 Å². The number of nitrogens with zero attached hydrogens (tertiary/aromatic N) is 4. The third kappa shape index (κ3) is 3.89. The zero-order valence-electron chi connectivity index (χ0n) is 14.0. The van der Waals surface area contributed by atoms with Gasteiger partial charge in [0.1, 0.15) is 0 Å². The van der Waals surface area contributed by atoms with E-state index in [0.717, 1.165) is 10.4 Å². The quantitative estimate of drug-likeness (QED) is 0.543. The van der Waals surface area contributed by atoms with Crippen LogP contribution >= 0.6 is 22.9 Å². The number of rotatable bonds is 5. The fourth-order valence-electron chi connectivity index (χ4n) is 2.48. The molecule has 0 bridgehead atoms. The van der Waals surface area contributed by atoms with Crippen molar-refractivity contribution in [1.82, 2.24) is 19.7 Å². The molecule has 0 radical (unpaired) electrons. The van der Waals surface area contributed by atoms with Gasteiger partial charge in [-0.2, -0.15) is 9.67 Å². The highest BCUT2D eigenvalue weighted by Crippen LogP contribution is 2.20. The molecule has 0 amide bonds. The van der Waals surface area contributed by atoms with Crippen molar-refractivity contribution in [2.24, 2.45) is 0 Å². The van der Waals surface area contributed by atoms with Gasteiger partial charge in [0.05, 0.1) is 6.54 Å². The number of aromatic nitrogens is 4. The molecule has 0 aliphatic rings. The Morgan fingerprint density at radius 1 is 1.15 bits per heavy atom. The Balaban J connectivity index is 1.69. The van der Waals surface area contributed by atoms with E-state index in [1.54, 1.807) is 54.1 Å². The van der Waals surface area contributed by atoms with Gasteiger partial charge in [0.15, 0.2) is 5.82 Å². The maximum absolute atomic E-state index is 12.9. The van der Waals surface area contributed by atoms with Crippen LogP contribution in [0.2, 0.25) is 5.02 Å². The summed E-state index contributed by atoms with van der Waals surface area (Å²) in [6.45, 7) is 0.552. The number of pyridine rings is 1. The van der Waals surface area contributed by atoms with Crippen LogP contribution in [0.4, 0.5) is 5.95 Å². The molecule has 3 heterocycles. The minimum atomic E-state index is -0.289. The molecule has 0 aliphatic carbocycles. The number of hydrogen-bond donors (Lipinski definition) is 1. The predicted molar refractivity (Wildman–Crippen MR) is 106 cm³/mol. The fourth-order valence-corrected chi connectivity index (χ4v) is 3.25. The Morgan fingerprint density at radius 2 is 2.00 bits per heavy atom. The van der Waals surface area contributed by atoms with Gasteiger partial charge in [0.25, 0.3) is 5.91 Å². The Hall–Kier alpha value is -3.03. The summed E-state index contributed by atoms with van der Waals surface area (Å²) >= 11 is 7.55. The lowest BCUT2D eigenvalue weighted by molar-refractivity contribution is 0.0947. The molecule has 3 aromatic heterocycles. The number of halogens is 1. The molecule has 134 valence electrons. The summed E-state index contributed by atoms with van der Waals surface area (Å²) in [4.78, 5) is 22.7. The molecule has 0 aliphatic heterocycles. The van der Waals surface area contributed by atoms with E-state index in [4.69, 9.17) is 11.6 Å². The van der Waals surface area contributed by atoms with Crippen molar-refractivity contribution in [3.05, 3.63) is 81.8 Å². The molecule has 8 heteroatoms. The maximum atomic E-state index is 12.9. The highest BCUT2D eigenvalue weighted by molar-refractivity contribution is 7.09. The first-order valence-corrected chi connectivity index (χ1v) is 9.40. The lowest BCUT2D eigenvalue weighted by atomic mass is 10.2. The van der Waals surface area contributed by atoms with E-state index in [-0.39, 0.29) is 5.91 Å². The van der Waals surface area contributed by atoms with E-state index in [0.29, 0.717) is 28.9 Å². The first kappa shape index (κ1) is 17.4. The number of nitrogens with one attached hydrogen (secondary N) is 1. The Bertz CT molecular complexity index is 1050. The maximum Gasteiger partial charge on any atom is 0.281 e. The standard InChI is InChI=1S/C19H14ClN5OS/c20-15-7-5-13(6-8-15)18(26)25-19(22-12-16-4-2-10-27-16)23-17(24-25)14-3-1-9-21-11-14/h1-11H,12H2,(H,22,23,24). The van der Waals surface area contributed by atoms with Gasteiger partial charge in [0, 0.05) is 33.4 Å². The summed E-state index contributed by atoms with van der Waals surface area (Å²) in [5, 5.41) is 10.2. The Kier molecular flexibility index (Phi) is 4.95. The van der Waals surface area contributed by atoms with Crippen molar-refractivity contribution >= 4 is 34.8 Å². The van der Waals surface area contributed by atoms with Crippen molar-refractivity contribution in [2.75, 3.05) is 5.32 Å². The Morgan fingerprint density at radius 3 is 2.70 bits per heavy atom. The third-order valence-electron chi connectivity index (χ3n) is 3.81. The molecule has 27 heavy (non-hydrogen) atoms. The SMILES string of the molecule is O=C(c1ccc(Cl)cc1)n1nc(-c2cccnc2)nc1NCc1cccs1. The van der Waals surface area contributed by atoms with Crippen LogP contribution < -0.4 is 5.32 Å². The molecular weight excluding hydrogens is 382 g/mol. The first-order chi connectivity index (χ1) is 13.2. The topological polar surface area (TPSA) is 72.7 Å². The minimum absolute atomic E-state index is 0.289. The highest BCUT2D eigenvalue weighted by atomic mass is 35.5. The van der Waals surface area contributed by atoms with Crippen molar-refractivity contribution in [3.63, 3.8) is 0 Å². The number of benzene rings is 1. The zero-order chi connectivity index (χ0) is 18.6. The number of hydrogen-bond acceptors (Lipinski definition) is 6. The van der Waals surface area contributed by atoms with Crippen LogP contribution in [0.1, 0.15) is 15.2 Å². The summed E-state index contributed by atoms with van der Waals surface area (Å²) in [7, 11) is 0. The third-order valence-corrected chi connectivity index (χ3v) is 4.94. The van der Waals surface area contributed by atoms with Crippen molar-refractivity contribution in [2.45, 2.75) is 6.54 Å². The van der Waals surface area contributed by atoms with Gasteiger partial charge < -0.3 is 5.32 Å². The predicted octanol–water partition coefficient (Wildman–Crippen LogP) is 4.36. The van der Waals surface area contributed by atoms with Crippen LogP contribution in [0.5, 0.6) is 0 Å². The summed E-state index contributed by atoms with van der Waals surface area (Å²) in [5.41, 5.74) is 1.21. The highest BCUT2D eigenvalue weighted by Gasteiger charge is 2.19. The molecule has 4 aromatic rings. The molecule has 1 N–H and O–H groups in total. The lowest BCUT2D eigenvalue weighted by Gasteiger charge is -2.06. The summed E-state index contributed by atoms with van der Waals surface area (Å²) < 4.78 is 1.28. The van der Waals surface area contributed by atoms with Gasteiger partial charge in [-0.15, -0.1) is 16.4 Å². The molecule has 0 atom stereocenters. The molecule has 0 spiro atoms. The van der Waals surface area contributed by atoms with E-state index in [9.17, 15) is 4.79 Å². The summed E-state index contributed by atoms with van der Waals surface area (Å²) in [5.74, 6) is 0.518.